The lowest BCUT2D eigenvalue weighted by molar-refractivity contribution is -0.112. The Labute approximate surface area is 107 Å². The minimum absolute atomic E-state index is 0.172. The zero-order valence-corrected chi connectivity index (χ0v) is 10.8. The van der Waals surface area contributed by atoms with E-state index in [-0.39, 0.29) is 18.4 Å². The molecule has 0 aliphatic heterocycles. The predicted molar refractivity (Wildman–Crippen MR) is 69.0 cm³/mol. The lowest BCUT2D eigenvalue weighted by atomic mass is 9.98. The number of carbonyl (C=O) groups is 2. The molecule has 0 spiro atoms. The molecule has 0 bridgehead atoms. The summed E-state index contributed by atoms with van der Waals surface area (Å²) in [5.74, 6) is 0.0335. The summed E-state index contributed by atoms with van der Waals surface area (Å²) in [6.45, 7) is 4.43. The Hall–Kier alpha value is -1.84. The molecule has 1 N–H and O–H groups in total. The molecule has 0 heterocycles. The molecule has 0 saturated heterocycles. The van der Waals surface area contributed by atoms with Gasteiger partial charge in [-0.05, 0) is 11.5 Å². The van der Waals surface area contributed by atoms with Gasteiger partial charge in [-0.25, -0.2) is 4.79 Å². The van der Waals surface area contributed by atoms with Crippen LogP contribution in [-0.4, -0.2) is 18.9 Å². The first-order valence-corrected chi connectivity index (χ1v) is 6.03. The van der Waals surface area contributed by atoms with Gasteiger partial charge in [0.15, 0.2) is 0 Å². The first-order chi connectivity index (χ1) is 8.63. The highest BCUT2D eigenvalue weighted by molar-refractivity contribution is 5.68. The number of rotatable bonds is 6. The van der Waals surface area contributed by atoms with E-state index in [1.54, 1.807) is 0 Å². The Bertz CT molecular complexity index is 376. The summed E-state index contributed by atoms with van der Waals surface area (Å²) in [6.07, 6.45) is 0.369. The predicted octanol–water partition coefficient (Wildman–Crippen LogP) is 2.38. The normalized spacial score (nSPS) is 11.9. The molecule has 0 aliphatic rings. The molecule has 1 unspecified atom stereocenters. The maximum Gasteiger partial charge on any atom is 0.407 e. The Morgan fingerprint density at radius 2 is 2.00 bits per heavy atom. The second kappa shape index (κ2) is 7.48. The van der Waals surface area contributed by atoms with Gasteiger partial charge in [-0.2, -0.15) is 0 Å². The van der Waals surface area contributed by atoms with Crippen molar-refractivity contribution in [3.8, 4) is 0 Å². The monoisotopic (exact) mass is 249 g/mol. The highest BCUT2D eigenvalue weighted by atomic mass is 16.5. The van der Waals surface area contributed by atoms with Crippen molar-refractivity contribution in [1.82, 2.24) is 5.32 Å². The molecule has 18 heavy (non-hydrogen) atoms. The lowest BCUT2D eigenvalue weighted by Gasteiger charge is -2.14. The number of hydrogen-bond donors (Lipinski definition) is 1. The topological polar surface area (TPSA) is 55.4 Å². The number of nitrogens with one attached hydrogen (secondary N) is 1. The number of aldehydes is 1. The van der Waals surface area contributed by atoms with Crippen LogP contribution in [-0.2, 0) is 16.1 Å². The first kappa shape index (κ1) is 14.2. The molecule has 0 aromatic heterocycles. The maximum absolute atomic E-state index is 11.4. The van der Waals surface area contributed by atoms with Gasteiger partial charge in [0, 0.05) is 12.5 Å². The molecule has 0 radical (unpaired) electrons. The highest BCUT2D eigenvalue weighted by Crippen LogP contribution is 2.06. The summed E-state index contributed by atoms with van der Waals surface area (Å²) in [4.78, 5) is 22.2. The van der Waals surface area contributed by atoms with Gasteiger partial charge in [0.05, 0.1) is 0 Å². The van der Waals surface area contributed by atoms with Crippen molar-refractivity contribution >= 4 is 12.4 Å². The number of hydrogen-bond acceptors (Lipinski definition) is 3. The van der Waals surface area contributed by atoms with E-state index in [0.717, 1.165) is 11.8 Å². The largest absolute Gasteiger partial charge is 0.445 e. The average molecular weight is 249 g/mol. The highest BCUT2D eigenvalue weighted by Gasteiger charge is 2.13. The zero-order chi connectivity index (χ0) is 13.4. The minimum atomic E-state index is -0.494. The van der Waals surface area contributed by atoms with E-state index < -0.39 is 6.09 Å². The van der Waals surface area contributed by atoms with E-state index in [2.05, 4.69) is 5.32 Å². The molecule has 1 aromatic rings. The van der Waals surface area contributed by atoms with Crippen LogP contribution in [0, 0.1) is 11.8 Å². The standard InChI is InChI=1S/C14H19NO3/c1-11(2)13(9-16)8-15-14(17)18-10-12-6-4-3-5-7-12/h3-7,9,11,13H,8,10H2,1-2H3,(H,15,17). The Morgan fingerprint density at radius 1 is 1.33 bits per heavy atom. The smallest absolute Gasteiger partial charge is 0.407 e. The van der Waals surface area contributed by atoms with Crippen molar-refractivity contribution in [3.63, 3.8) is 0 Å². The van der Waals surface area contributed by atoms with Crippen LogP contribution >= 0.6 is 0 Å². The van der Waals surface area contributed by atoms with E-state index in [1.807, 2.05) is 44.2 Å². The third-order valence-electron chi connectivity index (χ3n) is 2.73. The fraction of sp³-hybridized carbons (Fsp3) is 0.429. The molecule has 0 saturated carbocycles. The van der Waals surface area contributed by atoms with Crippen LogP contribution < -0.4 is 5.32 Å². The summed E-state index contributed by atoms with van der Waals surface area (Å²) in [5.41, 5.74) is 0.934. The van der Waals surface area contributed by atoms with Crippen molar-refractivity contribution in [2.24, 2.45) is 11.8 Å². The summed E-state index contributed by atoms with van der Waals surface area (Å²) >= 11 is 0. The summed E-state index contributed by atoms with van der Waals surface area (Å²) in [6, 6.07) is 9.45. The van der Waals surface area contributed by atoms with E-state index >= 15 is 0 Å². The quantitative estimate of drug-likeness (QED) is 0.787. The number of benzene rings is 1. The number of ether oxygens (including phenoxy) is 1. The molecule has 0 aliphatic carbocycles. The van der Waals surface area contributed by atoms with Crippen molar-refractivity contribution < 1.29 is 14.3 Å². The van der Waals surface area contributed by atoms with Gasteiger partial charge in [-0.3, -0.25) is 0 Å². The molecule has 1 aromatic carbocycles. The third kappa shape index (κ3) is 4.99. The average Bonchev–Trinajstić information content (AvgIpc) is 2.38. The van der Waals surface area contributed by atoms with Gasteiger partial charge in [-0.1, -0.05) is 44.2 Å². The molecule has 4 nitrogen and oxygen atoms in total. The van der Waals surface area contributed by atoms with E-state index in [9.17, 15) is 9.59 Å². The number of amides is 1. The Balaban J connectivity index is 2.28. The van der Waals surface area contributed by atoms with Gasteiger partial charge in [0.2, 0.25) is 0 Å². The van der Waals surface area contributed by atoms with Gasteiger partial charge >= 0.3 is 6.09 Å². The van der Waals surface area contributed by atoms with E-state index in [0.29, 0.717) is 6.54 Å². The minimum Gasteiger partial charge on any atom is -0.445 e. The van der Waals surface area contributed by atoms with Gasteiger partial charge < -0.3 is 14.8 Å². The van der Waals surface area contributed by atoms with Gasteiger partial charge in [-0.15, -0.1) is 0 Å². The molecule has 1 amide bonds. The van der Waals surface area contributed by atoms with Crippen LogP contribution in [0.15, 0.2) is 30.3 Å². The van der Waals surface area contributed by atoms with Gasteiger partial charge in [0.1, 0.15) is 12.9 Å². The number of carbonyl (C=O) groups excluding carboxylic acids is 2. The summed E-state index contributed by atoms with van der Waals surface area (Å²) in [7, 11) is 0. The van der Waals surface area contributed by atoms with Crippen molar-refractivity contribution in [2.75, 3.05) is 6.54 Å². The SMILES string of the molecule is CC(C)C(C=O)CNC(=O)OCc1ccccc1. The van der Waals surface area contributed by atoms with Crippen LogP contribution in [0.3, 0.4) is 0 Å². The fourth-order valence-electron chi connectivity index (χ4n) is 1.42. The molecule has 4 heteroatoms. The number of alkyl carbamates (subject to hydrolysis) is 1. The molecule has 98 valence electrons. The lowest BCUT2D eigenvalue weighted by Crippen LogP contribution is -2.32. The molecular formula is C14H19NO3. The Morgan fingerprint density at radius 3 is 2.56 bits per heavy atom. The van der Waals surface area contributed by atoms with Crippen LogP contribution in [0.1, 0.15) is 19.4 Å². The second-order valence-corrected chi connectivity index (χ2v) is 4.49. The molecular weight excluding hydrogens is 230 g/mol. The fourth-order valence-corrected chi connectivity index (χ4v) is 1.42. The summed E-state index contributed by atoms with van der Waals surface area (Å²) in [5, 5.41) is 2.59. The molecule has 0 fully saturated rings. The second-order valence-electron chi connectivity index (χ2n) is 4.49. The zero-order valence-electron chi connectivity index (χ0n) is 10.8. The maximum atomic E-state index is 11.4. The van der Waals surface area contributed by atoms with Crippen LogP contribution in [0.5, 0.6) is 0 Å². The van der Waals surface area contributed by atoms with E-state index in [4.69, 9.17) is 4.74 Å². The van der Waals surface area contributed by atoms with Crippen molar-refractivity contribution in [1.29, 1.82) is 0 Å². The molecule has 1 atom stereocenters. The first-order valence-electron chi connectivity index (χ1n) is 6.03. The Kier molecular flexibility index (Phi) is 5.91. The van der Waals surface area contributed by atoms with Crippen molar-refractivity contribution in [2.45, 2.75) is 20.5 Å². The van der Waals surface area contributed by atoms with Crippen LogP contribution in [0.25, 0.3) is 0 Å². The van der Waals surface area contributed by atoms with E-state index in [1.165, 1.54) is 0 Å². The van der Waals surface area contributed by atoms with Crippen LogP contribution in [0.4, 0.5) is 4.79 Å². The van der Waals surface area contributed by atoms with Crippen LogP contribution in [0.2, 0.25) is 0 Å². The van der Waals surface area contributed by atoms with Crippen molar-refractivity contribution in [3.05, 3.63) is 35.9 Å². The molecule has 1 rings (SSSR count). The third-order valence-corrected chi connectivity index (χ3v) is 2.73. The summed E-state index contributed by atoms with van der Waals surface area (Å²) < 4.78 is 5.04. The van der Waals surface area contributed by atoms with Gasteiger partial charge in [0.25, 0.3) is 0 Å².